The van der Waals surface area contributed by atoms with E-state index in [9.17, 15) is 27.6 Å². The Bertz CT molecular complexity index is 1350. The molecule has 0 saturated heterocycles. The standard InChI is InChI=1S/C21H17Cl2F3N6O3/c1-9-14(16(33)19(35)29-20(7-21(25,26)8-20)13-6-27-31-30-13)17(23)32(2)15(9)18(34)28-10-3-4-12(24)11(22)5-10/h3-6H,7-8H2,1-2H3,(H,28,34)(H,29,35)(H,27,30,31). The largest absolute Gasteiger partial charge is 0.337 e. The minimum Gasteiger partial charge on any atom is -0.337 e. The fourth-order valence-corrected chi connectivity index (χ4v) is 4.62. The van der Waals surface area contributed by atoms with Gasteiger partial charge in [-0.1, -0.05) is 23.2 Å². The first-order valence-corrected chi connectivity index (χ1v) is 10.8. The van der Waals surface area contributed by atoms with E-state index in [1.165, 1.54) is 36.9 Å². The number of carbonyl (C=O) groups excluding carboxylic acids is 3. The van der Waals surface area contributed by atoms with Crippen LogP contribution in [0.1, 0.15) is 44.9 Å². The Hall–Kier alpha value is -3.38. The van der Waals surface area contributed by atoms with E-state index in [0.29, 0.717) is 0 Å². The van der Waals surface area contributed by atoms with E-state index in [2.05, 4.69) is 26.0 Å². The summed E-state index contributed by atoms with van der Waals surface area (Å²) >= 11 is 12.0. The highest BCUT2D eigenvalue weighted by Gasteiger charge is 2.60. The molecule has 4 rings (SSSR count). The Kier molecular flexibility index (Phi) is 6.14. The van der Waals surface area contributed by atoms with E-state index in [0.717, 1.165) is 6.07 Å². The Balaban J connectivity index is 1.60. The molecule has 35 heavy (non-hydrogen) atoms. The summed E-state index contributed by atoms with van der Waals surface area (Å²) in [6, 6.07) is 3.55. The van der Waals surface area contributed by atoms with Gasteiger partial charge in [-0.2, -0.15) is 15.4 Å². The molecule has 2 amide bonds. The summed E-state index contributed by atoms with van der Waals surface area (Å²) in [7, 11) is 1.40. The van der Waals surface area contributed by atoms with Crippen molar-refractivity contribution in [2.75, 3.05) is 5.32 Å². The van der Waals surface area contributed by atoms with Crippen LogP contribution in [0.15, 0.2) is 24.4 Å². The molecule has 1 aliphatic rings. The van der Waals surface area contributed by atoms with Crippen LogP contribution in [-0.4, -0.2) is 43.5 Å². The molecule has 2 heterocycles. The zero-order chi connectivity index (χ0) is 25.7. The van der Waals surface area contributed by atoms with E-state index in [1.54, 1.807) is 0 Å². The average molecular weight is 529 g/mol. The number of Topliss-reactive ketones (excluding diaryl/α,β-unsaturated/α-hetero) is 1. The summed E-state index contributed by atoms with van der Waals surface area (Å²) in [5, 5.41) is 14.1. The van der Waals surface area contributed by atoms with Crippen LogP contribution in [0.4, 0.5) is 18.9 Å². The third-order valence-electron chi connectivity index (χ3n) is 5.77. The van der Waals surface area contributed by atoms with E-state index in [4.69, 9.17) is 23.2 Å². The van der Waals surface area contributed by atoms with E-state index in [-0.39, 0.29) is 38.4 Å². The molecule has 184 valence electrons. The first-order valence-electron chi connectivity index (χ1n) is 10.1. The number of nitrogens with one attached hydrogen (secondary N) is 3. The summed E-state index contributed by atoms with van der Waals surface area (Å²) < 4.78 is 42.0. The van der Waals surface area contributed by atoms with Crippen LogP contribution < -0.4 is 10.6 Å². The normalized spacial score (nSPS) is 15.9. The van der Waals surface area contributed by atoms with Gasteiger partial charge in [-0.05, 0) is 30.7 Å². The lowest BCUT2D eigenvalue weighted by molar-refractivity contribution is -0.148. The van der Waals surface area contributed by atoms with Crippen molar-refractivity contribution in [1.82, 2.24) is 25.3 Å². The van der Waals surface area contributed by atoms with Gasteiger partial charge in [0.15, 0.2) is 0 Å². The number of amides is 2. The molecule has 0 aliphatic heterocycles. The highest BCUT2D eigenvalue weighted by molar-refractivity contribution is 6.47. The van der Waals surface area contributed by atoms with Crippen molar-refractivity contribution >= 4 is 46.5 Å². The lowest BCUT2D eigenvalue weighted by atomic mass is 9.71. The third-order valence-corrected chi connectivity index (χ3v) is 6.50. The molecule has 2 aromatic heterocycles. The van der Waals surface area contributed by atoms with E-state index < -0.39 is 47.7 Å². The number of aromatic amines is 1. The van der Waals surface area contributed by atoms with Crippen molar-refractivity contribution in [3.05, 3.63) is 62.9 Å². The number of benzene rings is 1. The lowest BCUT2D eigenvalue weighted by Gasteiger charge is -2.46. The SMILES string of the molecule is Cc1c(C(=O)C(=O)NC2(c3cn[nH]n3)CC(F)(F)C2)c(Cl)n(C)c1C(=O)Nc1ccc(F)c(Cl)c1. The van der Waals surface area contributed by atoms with Gasteiger partial charge >= 0.3 is 0 Å². The molecule has 1 saturated carbocycles. The highest BCUT2D eigenvalue weighted by atomic mass is 35.5. The summed E-state index contributed by atoms with van der Waals surface area (Å²) in [6.07, 6.45) is -0.341. The van der Waals surface area contributed by atoms with Crippen LogP contribution in [0.2, 0.25) is 10.2 Å². The zero-order valence-electron chi connectivity index (χ0n) is 18.2. The second-order valence-electron chi connectivity index (χ2n) is 8.21. The van der Waals surface area contributed by atoms with Crippen molar-refractivity contribution in [2.24, 2.45) is 7.05 Å². The molecule has 0 spiro atoms. The predicted molar refractivity (Wildman–Crippen MR) is 119 cm³/mol. The molecule has 0 bridgehead atoms. The minimum atomic E-state index is -3.05. The summed E-state index contributed by atoms with van der Waals surface area (Å²) in [5.41, 5.74) is -1.58. The molecule has 1 fully saturated rings. The topological polar surface area (TPSA) is 122 Å². The number of hydrogen-bond acceptors (Lipinski definition) is 5. The van der Waals surface area contributed by atoms with Crippen molar-refractivity contribution in [3.63, 3.8) is 0 Å². The molecule has 1 aliphatic carbocycles. The second-order valence-corrected chi connectivity index (χ2v) is 8.98. The number of hydrogen-bond donors (Lipinski definition) is 3. The van der Waals surface area contributed by atoms with Crippen molar-refractivity contribution < 1.29 is 27.6 Å². The molecule has 14 heteroatoms. The number of ketones is 1. The van der Waals surface area contributed by atoms with Crippen molar-refractivity contribution in [3.8, 4) is 0 Å². The Morgan fingerprint density at radius 1 is 1.20 bits per heavy atom. The monoisotopic (exact) mass is 528 g/mol. The van der Waals surface area contributed by atoms with Gasteiger partial charge in [-0.25, -0.2) is 13.2 Å². The number of alkyl halides is 2. The number of halogens is 5. The fraction of sp³-hybridized carbons (Fsp3) is 0.286. The van der Waals surface area contributed by atoms with Gasteiger partial charge in [0.05, 0.1) is 22.3 Å². The molecule has 0 unspecified atom stereocenters. The van der Waals surface area contributed by atoms with Crippen molar-refractivity contribution in [1.29, 1.82) is 0 Å². The smallest absolute Gasteiger partial charge is 0.293 e. The molecule has 3 N–H and O–H groups in total. The van der Waals surface area contributed by atoms with Gasteiger partial charge in [-0.3, -0.25) is 14.4 Å². The van der Waals surface area contributed by atoms with Crippen LogP contribution in [0, 0.1) is 12.7 Å². The maximum absolute atomic E-state index is 13.7. The van der Waals surface area contributed by atoms with Crippen LogP contribution >= 0.6 is 23.2 Å². The van der Waals surface area contributed by atoms with Gasteiger partial charge in [0, 0.05) is 25.6 Å². The molecule has 9 nitrogen and oxygen atoms in total. The first-order chi connectivity index (χ1) is 16.3. The molecule has 1 aromatic carbocycles. The zero-order valence-corrected chi connectivity index (χ0v) is 19.7. The molecule has 0 radical (unpaired) electrons. The summed E-state index contributed by atoms with van der Waals surface area (Å²) in [4.78, 5) is 38.7. The molecule has 0 atom stereocenters. The summed E-state index contributed by atoms with van der Waals surface area (Å²) in [5.74, 6) is -6.74. The van der Waals surface area contributed by atoms with Gasteiger partial charge in [0.2, 0.25) is 0 Å². The summed E-state index contributed by atoms with van der Waals surface area (Å²) in [6.45, 7) is 1.41. The quantitative estimate of drug-likeness (QED) is 0.332. The van der Waals surface area contributed by atoms with Crippen LogP contribution in [-0.2, 0) is 17.4 Å². The average Bonchev–Trinajstić information content (AvgIpc) is 3.36. The third kappa shape index (κ3) is 4.39. The van der Waals surface area contributed by atoms with Gasteiger partial charge in [-0.15, -0.1) is 0 Å². The molecular weight excluding hydrogens is 512 g/mol. The number of carbonyl (C=O) groups is 3. The van der Waals surface area contributed by atoms with Crippen LogP contribution in [0.5, 0.6) is 0 Å². The number of rotatable bonds is 6. The maximum Gasteiger partial charge on any atom is 0.293 e. The Labute approximate surface area is 206 Å². The van der Waals surface area contributed by atoms with Crippen LogP contribution in [0.25, 0.3) is 0 Å². The Morgan fingerprint density at radius 3 is 2.46 bits per heavy atom. The van der Waals surface area contributed by atoms with E-state index >= 15 is 0 Å². The van der Waals surface area contributed by atoms with E-state index in [1.807, 2.05) is 0 Å². The number of aromatic nitrogens is 4. The van der Waals surface area contributed by atoms with Crippen LogP contribution in [0.3, 0.4) is 0 Å². The first kappa shape index (κ1) is 24.7. The van der Waals surface area contributed by atoms with Gasteiger partial charge < -0.3 is 15.2 Å². The number of anilines is 1. The van der Waals surface area contributed by atoms with Gasteiger partial charge in [0.25, 0.3) is 23.5 Å². The van der Waals surface area contributed by atoms with Crippen molar-refractivity contribution in [2.45, 2.75) is 31.2 Å². The lowest BCUT2D eigenvalue weighted by Crippen LogP contribution is -2.61. The maximum atomic E-state index is 13.7. The highest BCUT2D eigenvalue weighted by Crippen LogP contribution is 2.51. The number of H-pyrrole nitrogens is 1. The predicted octanol–water partition coefficient (Wildman–Crippen LogP) is 3.77. The fourth-order valence-electron chi connectivity index (χ4n) is 4.13. The van der Waals surface area contributed by atoms with Gasteiger partial charge in [0.1, 0.15) is 22.4 Å². The molecular formula is C21H17Cl2F3N6O3. The number of nitrogens with zero attached hydrogens (tertiary/aromatic N) is 3. The minimum absolute atomic E-state index is 0.0482. The molecule has 3 aromatic rings. The Morgan fingerprint density at radius 2 is 1.89 bits per heavy atom. The second kappa shape index (κ2) is 8.68.